The first-order valence-corrected chi connectivity index (χ1v) is 9.92. The van der Waals surface area contributed by atoms with E-state index in [0.29, 0.717) is 29.4 Å². The van der Waals surface area contributed by atoms with Crippen LogP contribution in [0.3, 0.4) is 0 Å². The van der Waals surface area contributed by atoms with Crippen LogP contribution in [-0.4, -0.2) is 40.1 Å². The molecule has 1 N–H and O–H groups in total. The van der Waals surface area contributed by atoms with E-state index in [0.717, 1.165) is 35.9 Å². The minimum Gasteiger partial charge on any atom is -0.371 e. The highest BCUT2D eigenvalue weighted by atomic mass is 35.5. The number of aryl methyl sites for hydroxylation is 3. The lowest BCUT2D eigenvalue weighted by Crippen LogP contribution is -2.31. The summed E-state index contributed by atoms with van der Waals surface area (Å²) in [5.41, 5.74) is 4.92. The second-order valence-electron chi connectivity index (χ2n) is 7.52. The second kappa shape index (κ2) is 7.43. The molecule has 7 heteroatoms. The molecule has 1 unspecified atom stereocenters. The SMILES string of the molecule is Cc1cc(C)n2nc(C)c(C(=O)NCC3CCN(c4ccc(Cl)cc4)C3)c2n1. The maximum absolute atomic E-state index is 12.9. The quantitative estimate of drug-likeness (QED) is 0.731. The number of benzene rings is 1. The first kappa shape index (κ1) is 18.7. The van der Waals surface area contributed by atoms with E-state index in [2.05, 4.69) is 20.3 Å². The summed E-state index contributed by atoms with van der Waals surface area (Å²) in [5, 5.41) is 8.33. The van der Waals surface area contributed by atoms with Gasteiger partial charge in [0.2, 0.25) is 0 Å². The van der Waals surface area contributed by atoms with Gasteiger partial charge in [0.05, 0.1) is 5.69 Å². The number of aromatic nitrogens is 3. The molecule has 0 saturated carbocycles. The van der Waals surface area contributed by atoms with Crippen molar-refractivity contribution in [2.45, 2.75) is 27.2 Å². The van der Waals surface area contributed by atoms with Gasteiger partial charge in [-0.2, -0.15) is 5.10 Å². The Bertz CT molecular complexity index is 1030. The maximum atomic E-state index is 12.9. The molecule has 3 heterocycles. The zero-order valence-electron chi connectivity index (χ0n) is 16.4. The largest absolute Gasteiger partial charge is 0.371 e. The van der Waals surface area contributed by atoms with Gasteiger partial charge in [-0.05, 0) is 63.4 Å². The van der Waals surface area contributed by atoms with E-state index in [1.165, 1.54) is 5.69 Å². The predicted molar refractivity (Wildman–Crippen MR) is 111 cm³/mol. The number of carbonyl (C=O) groups excluding carboxylic acids is 1. The number of carbonyl (C=O) groups is 1. The molecule has 1 aromatic carbocycles. The van der Waals surface area contributed by atoms with Crippen molar-refractivity contribution in [3.05, 3.63) is 58.0 Å². The molecule has 2 aromatic heterocycles. The highest BCUT2D eigenvalue weighted by Crippen LogP contribution is 2.25. The van der Waals surface area contributed by atoms with Crippen LogP contribution < -0.4 is 10.2 Å². The van der Waals surface area contributed by atoms with Crippen molar-refractivity contribution in [3.8, 4) is 0 Å². The van der Waals surface area contributed by atoms with Crippen LogP contribution in [0, 0.1) is 26.7 Å². The molecule has 0 spiro atoms. The van der Waals surface area contributed by atoms with Crippen molar-refractivity contribution in [1.82, 2.24) is 19.9 Å². The minimum absolute atomic E-state index is 0.102. The zero-order chi connectivity index (χ0) is 19.8. The Hall–Kier alpha value is -2.60. The first-order valence-electron chi connectivity index (χ1n) is 9.54. The van der Waals surface area contributed by atoms with E-state index in [1.807, 2.05) is 51.1 Å². The van der Waals surface area contributed by atoms with Crippen LogP contribution in [0.4, 0.5) is 5.69 Å². The summed E-state index contributed by atoms with van der Waals surface area (Å²) in [5.74, 6) is 0.313. The summed E-state index contributed by atoms with van der Waals surface area (Å²) >= 11 is 5.98. The Labute approximate surface area is 169 Å². The summed E-state index contributed by atoms with van der Waals surface area (Å²) < 4.78 is 1.75. The van der Waals surface area contributed by atoms with Crippen molar-refractivity contribution in [2.75, 3.05) is 24.5 Å². The Morgan fingerprint density at radius 2 is 2.00 bits per heavy atom. The average Bonchev–Trinajstić information content (AvgIpc) is 3.25. The van der Waals surface area contributed by atoms with Gasteiger partial charge in [0.1, 0.15) is 5.56 Å². The van der Waals surface area contributed by atoms with Crippen LogP contribution in [0.2, 0.25) is 5.02 Å². The number of hydrogen-bond acceptors (Lipinski definition) is 4. The zero-order valence-corrected chi connectivity index (χ0v) is 17.1. The van der Waals surface area contributed by atoms with Gasteiger partial charge >= 0.3 is 0 Å². The van der Waals surface area contributed by atoms with Crippen molar-refractivity contribution in [1.29, 1.82) is 0 Å². The molecule has 1 aliphatic rings. The Morgan fingerprint density at radius 3 is 2.75 bits per heavy atom. The topological polar surface area (TPSA) is 62.5 Å². The van der Waals surface area contributed by atoms with Gasteiger partial charge in [0.25, 0.3) is 5.91 Å². The van der Waals surface area contributed by atoms with Crippen LogP contribution in [0.25, 0.3) is 5.65 Å². The van der Waals surface area contributed by atoms with E-state index in [-0.39, 0.29) is 5.91 Å². The molecule has 4 rings (SSSR count). The monoisotopic (exact) mass is 397 g/mol. The lowest BCUT2D eigenvalue weighted by molar-refractivity contribution is 0.0949. The Kier molecular flexibility index (Phi) is 4.98. The molecule has 1 aliphatic heterocycles. The third kappa shape index (κ3) is 3.56. The maximum Gasteiger partial charge on any atom is 0.257 e. The summed E-state index contributed by atoms with van der Waals surface area (Å²) in [6.45, 7) is 8.31. The second-order valence-corrected chi connectivity index (χ2v) is 7.96. The van der Waals surface area contributed by atoms with E-state index < -0.39 is 0 Å². The van der Waals surface area contributed by atoms with Crippen LogP contribution in [0.1, 0.15) is 33.9 Å². The molecule has 0 bridgehead atoms. The molecule has 1 amide bonds. The first-order chi connectivity index (χ1) is 13.4. The van der Waals surface area contributed by atoms with Crippen molar-refractivity contribution in [2.24, 2.45) is 5.92 Å². The smallest absolute Gasteiger partial charge is 0.257 e. The molecular formula is C21H24ClN5O. The fourth-order valence-corrected chi connectivity index (χ4v) is 4.03. The summed E-state index contributed by atoms with van der Waals surface area (Å²) in [7, 11) is 0. The third-order valence-corrected chi connectivity index (χ3v) is 5.58. The summed E-state index contributed by atoms with van der Waals surface area (Å²) in [6.07, 6.45) is 1.05. The van der Waals surface area contributed by atoms with Crippen molar-refractivity contribution < 1.29 is 4.79 Å². The molecule has 3 aromatic rings. The normalized spacial score (nSPS) is 16.7. The third-order valence-electron chi connectivity index (χ3n) is 5.33. The van der Waals surface area contributed by atoms with Crippen LogP contribution in [0.5, 0.6) is 0 Å². The molecule has 146 valence electrons. The van der Waals surface area contributed by atoms with Crippen LogP contribution in [-0.2, 0) is 0 Å². The molecule has 0 aliphatic carbocycles. The Balaban J connectivity index is 1.43. The van der Waals surface area contributed by atoms with E-state index >= 15 is 0 Å². The van der Waals surface area contributed by atoms with E-state index in [1.54, 1.807) is 4.52 Å². The fourth-order valence-electron chi connectivity index (χ4n) is 3.90. The number of nitrogens with zero attached hydrogens (tertiary/aromatic N) is 4. The number of halogens is 1. The molecule has 0 radical (unpaired) electrons. The Morgan fingerprint density at radius 1 is 1.25 bits per heavy atom. The number of rotatable bonds is 4. The van der Waals surface area contributed by atoms with Gasteiger partial charge in [-0.15, -0.1) is 0 Å². The molecule has 28 heavy (non-hydrogen) atoms. The predicted octanol–water partition coefficient (Wildman–Crippen LogP) is 3.56. The molecule has 1 atom stereocenters. The number of amides is 1. The highest BCUT2D eigenvalue weighted by Gasteiger charge is 2.25. The standard InChI is InChI=1S/C21H24ClN5O/c1-13-10-14(2)27-20(24-13)19(15(3)25-27)21(28)23-11-16-8-9-26(12-16)18-6-4-17(22)5-7-18/h4-7,10,16H,8-9,11-12H2,1-3H3,(H,23,28). The van der Waals surface area contributed by atoms with Crippen LogP contribution >= 0.6 is 11.6 Å². The van der Waals surface area contributed by atoms with Crippen molar-refractivity contribution in [3.63, 3.8) is 0 Å². The van der Waals surface area contributed by atoms with Gasteiger partial charge < -0.3 is 10.2 Å². The van der Waals surface area contributed by atoms with Gasteiger partial charge in [0, 0.05) is 41.7 Å². The average molecular weight is 398 g/mol. The number of nitrogens with one attached hydrogen (secondary N) is 1. The molecule has 1 fully saturated rings. The summed E-state index contributed by atoms with van der Waals surface area (Å²) in [6, 6.07) is 9.88. The number of anilines is 1. The number of fused-ring (bicyclic) bond motifs is 1. The van der Waals surface area contributed by atoms with Crippen LogP contribution in [0.15, 0.2) is 30.3 Å². The molecular weight excluding hydrogens is 374 g/mol. The van der Waals surface area contributed by atoms with E-state index in [9.17, 15) is 4.79 Å². The van der Waals surface area contributed by atoms with Gasteiger partial charge in [-0.3, -0.25) is 4.79 Å². The van der Waals surface area contributed by atoms with Gasteiger partial charge in [0.15, 0.2) is 5.65 Å². The van der Waals surface area contributed by atoms with E-state index in [4.69, 9.17) is 11.6 Å². The molecule has 6 nitrogen and oxygen atoms in total. The molecule has 1 saturated heterocycles. The summed E-state index contributed by atoms with van der Waals surface area (Å²) in [4.78, 5) is 19.7. The lowest BCUT2D eigenvalue weighted by Gasteiger charge is -2.19. The highest BCUT2D eigenvalue weighted by molar-refractivity contribution is 6.30. The number of hydrogen-bond donors (Lipinski definition) is 1. The fraction of sp³-hybridized carbons (Fsp3) is 0.381. The van der Waals surface area contributed by atoms with Crippen molar-refractivity contribution >= 4 is 28.8 Å². The van der Waals surface area contributed by atoms with Gasteiger partial charge in [-0.1, -0.05) is 11.6 Å². The van der Waals surface area contributed by atoms with Gasteiger partial charge in [-0.25, -0.2) is 9.50 Å². The minimum atomic E-state index is -0.102. The lowest BCUT2D eigenvalue weighted by atomic mass is 10.1.